The number of ether oxygens (including phenoxy) is 1. The van der Waals surface area contributed by atoms with Crippen LogP contribution < -0.4 is 5.32 Å². The van der Waals surface area contributed by atoms with E-state index in [1.807, 2.05) is 6.92 Å². The number of hydrogen-bond donors (Lipinski definition) is 2. The van der Waals surface area contributed by atoms with E-state index in [0.717, 1.165) is 5.56 Å². The predicted octanol–water partition coefficient (Wildman–Crippen LogP) is 1.02. The molecule has 0 aliphatic rings. The number of amides is 1. The highest BCUT2D eigenvalue weighted by molar-refractivity contribution is 5.94. The first-order chi connectivity index (χ1) is 10.1. The zero-order chi connectivity index (χ0) is 15.7. The summed E-state index contributed by atoms with van der Waals surface area (Å²) in [4.78, 5) is 23.1. The Morgan fingerprint density at radius 3 is 2.81 bits per heavy atom. The second-order valence-electron chi connectivity index (χ2n) is 4.30. The van der Waals surface area contributed by atoms with Crippen molar-refractivity contribution in [2.24, 2.45) is 0 Å². The lowest BCUT2D eigenvalue weighted by Crippen LogP contribution is -2.26. The van der Waals surface area contributed by atoms with Crippen LogP contribution in [0.2, 0.25) is 0 Å². The van der Waals surface area contributed by atoms with E-state index in [9.17, 15) is 9.59 Å². The largest absolute Gasteiger partial charge is 0.466 e. The topological polar surface area (TPSA) is 75.6 Å². The van der Waals surface area contributed by atoms with Crippen LogP contribution >= 0.6 is 0 Å². The molecule has 0 atom stereocenters. The number of carbonyl (C=O) groups is 2. The van der Waals surface area contributed by atoms with Gasteiger partial charge in [0, 0.05) is 17.7 Å². The number of aryl methyl sites for hydroxylation is 1. The van der Waals surface area contributed by atoms with E-state index in [4.69, 9.17) is 9.84 Å². The van der Waals surface area contributed by atoms with Gasteiger partial charge in [-0.05, 0) is 31.5 Å². The Bertz CT molecular complexity index is 569. The maximum atomic E-state index is 12.0. The third-order valence-electron chi connectivity index (χ3n) is 2.72. The van der Waals surface area contributed by atoms with Crippen LogP contribution in [-0.2, 0) is 9.53 Å². The van der Waals surface area contributed by atoms with E-state index >= 15 is 0 Å². The van der Waals surface area contributed by atoms with Crippen molar-refractivity contribution in [3.63, 3.8) is 0 Å². The molecule has 0 bridgehead atoms. The number of rotatable bonds is 5. The van der Waals surface area contributed by atoms with Crippen LogP contribution in [0, 0.1) is 18.8 Å². The normalized spacial score (nSPS) is 9.48. The molecule has 21 heavy (non-hydrogen) atoms. The molecule has 5 heteroatoms. The first-order valence-corrected chi connectivity index (χ1v) is 6.72. The Morgan fingerprint density at radius 1 is 1.38 bits per heavy atom. The quantitative estimate of drug-likeness (QED) is 0.627. The van der Waals surface area contributed by atoms with E-state index in [0.29, 0.717) is 17.7 Å². The zero-order valence-electron chi connectivity index (χ0n) is 12.2. The Morgan fingerprint density at radius 2 is 2.14 bits per heavy atom. The minimum atomic E-state index is -0.337. The SMILES string of the molecule is CCOC(=O)CCNC(=O)c1ccc(C)c(C#CCO)c1. The second kappa shape index (κ2) is 8.77. The third kappa shape index (κ3) is 5.67. The summed E-state index contributed by atoms with van der Waals surface area (Å²) in [6, 6.07) is 5.15. The van der Waals surface area contributed by atoms with Crippen molar-refractivity contribution in [3.05, 3.63) is 34.9 Å². The third-order valence-corrected chi connectivity index (χ3v) is 2.72. The van der Waals surface area contributed by atoms with Gasteiger partial charge in [-0.1, -0.05) is 17.9 Å². The highest BCUT2D eigenvalue weighted by atomic mass is 16.5. The summed E-state index contributed by atoms with van der Waals surface area (Å²) in [6.07, 6.45) is 0.141. The lowest BCUT2D eigenvalue weighted by atomic mass is 10.0. The van der Waals surface area contributed by atoms with Crippen LogP contribution in [0.5, 0.6) is 0 Å². The molecule has 0 unspecified atom stereocenters. The molecular weight excluding hydrogens is 270 g/mol. The van der Waals surface area contributed by atoms with E-state index in [-0.39, 0.29) is 31.4 Å². The van der Waals surface area contributed by atoms with Gasteiger partial charge in [0.1, 0.15) is 6.61 Å². The van der Waals surface area contributed by atoms with Gasteiger partial charge < -0.3 is 15.2 Å². The van der Waals surface area contributed by atoms with Crippen molar-refractivity contribution >= 4 is 11.9 Å². The Balaban J connectivity index is 2.64. The number of esters is 1. The standard InChI is InChI=1S/C16H19NO4/c1-3-21-15(19)8-9-17-16(20)14-7-6-12(2)13(11-14)5-4-10-18/h6-7,11,18H,3,8-10H2,1-2H3,(H,17,20). The van der Waals surface area contributed by atoms with Gasteiger partial charge >= 0.3 is 5.97 Å². The zero-order valence-corrected chi connectivity index (χ0v) is 12.2. The molecule has 1 aromatic rings. The summed E-state index contributed by atoms with van der Waals surface area (Å²) in [5, 5.41) is 11.4. The molecule has 1 rings (SSSR count). The summed E-state index contributed by atoms with van der Waals surface area (Å²) < 4.78 is 4.78. The molecule has 0 saturated heterocycles. The summed E-state index contributed by atoms with van der Waals surface area (Å²) in [6.45, 7) is 3.94. The lowest BCUT2D eigenvalue weighted by Gasteiger charge is -2.06. The van der Waals surface area contributed by atoms with Gasteiger partial charge in [0.25, 0.3) is 5.91 Å². The first kappa shape index (κ1) is 16.7. The van der Waals surface area contributed by atoms with Crippen molar-refractivity contribution in [1.29, 1.82) is 0 Å². The predicted molar refractivity (Wildman–Crippen MR) is 78.7 cm³/mol. The molecule has 0 aliphatic carbocycles. The van der Waals surface area contributed by atoms with E-state index in [2.05, 4.69) is 17.2 Å². The van der Waals surface area contributed by atoms with Crippen molar-refractivity contribution in [1.82, 2.24) is 5.32 Å². The number of aliphatic hydroxyl groups is 1. The Hall–Kier alpha value is -2.32. The van der Waals surface area contributed by atoms with Gasteiger partial charge in [-0.25, -0.2) is 0 Å². The second-order valence-corrected chi connectivity index (χ2v) is 4.30. The minimum Gasteiger partial charge on any atom is -0.466 e. The van der Waals surface area contributed by atoms with Gasteiger partial charge in [-0.15, -0.1) is 0 Å². The number of carbonyl (C=O) groups excluding carboxylic acids is 2. The molecule has 0 heterocycles. The summed E-state index contributed by atoms with van der Waals surface area (Å²) >= 11 is 0. The number of hydrogen-bond acceptors (Lipinski definition) is 4. The van der Waals surface area contributed by atoms with Crippen molar-refractivity contribution in [2.45, 2.75) is 20.3 Å². The summed E-state index contributed by atoms with van der Waals surface area (Å²) in [5.74, 6) is 4.74. The molecule has 0 saturated carbocycles. The fourth-order valence-electron chi connectivity index (χ4n) is 1.65. The fraction of sp³-hybridized carbons (Fsp3) is 0.375. The molecule has 0 aromatic heterocycles. The van der Waals surface area contributed by atoms with E-state index in [1.54, 1.807) is 25.1 Å². The molecule has 112 valence electrons. The molecule has 0 radical (unpaired) electrons. The highest BCUT2D eigenvalue weighted by Crippen LogP contribution is 2.10. The van der Waals surface area contributed by atoms with Crippen LogP contribution in [-0.4, -0.2) is 36.7 Å². The maximum absolute atomic E-state index is 12.0. The van der Waals surface area contributed by atoms with Crippen LogP contribution in [0.3, 0.4) is 0 Å². The number of benzene rings is 1. The van der Waals surface area contributed by atoms with Crippen molar-refractivity contribution in [3.8, 4) is 11.8 Å². The number of nitrogens with one attached hydrogen (secondary N) is 1. The average Bonchev–Trinajstić information content (AvgIpc) is 2.46. The van der Waals surface area contributed by atoms with Gasteiger partial charge in [0.15, 0.2) is 0 Å². The Labute approximate surface area is 124 Å². The van der Waals surface area contributed by atoms with Crippen LogP contribution in [0.1, 0.15) is 34.8 Å². The Kier molecular flexibility index (Phi) is 6.99. The molecular formula is C16H19NO4. The van der Waals surface area contributed by atoms with Gasteiger partial charge in [-0.2, -0.15) is 0 Å². The lowest BCUT2D eigenvalue weighted by molar-refractivity contribution is -0.142. The summed E-state index contributed by atoms with van der Waals surface area (Å²) in [5.41, 5.74) is 2.09. The van der Waals surface area contributed by atoms with Crippen molar-refractivity contribution in [2.75, 3.05) is 19.8 Å². The van der Waals surface area contributed by atoms with Gasteiger partial charge in [0.2, 0.25) is 0 Å². The van der Waals surface area contributed by atoms with Gasteiger partial charge in [0.05, 0.1) is 13.0 Å². The average molecular weight is 289 g/mol. The summed E-state index contributed by atoms with van der Waals surface area (Å²) in [7, 11) is 0. The highest BCUT2D eigenvalue weighted by Gasteiger charge is 2.08. The number of aliphatic hydroxyl groups excluding tert-OH is 1. The maximum Gasteiger partial charge on any atom is 0.307 e. The molecule has 1 amide bonds. The minimum absolute atomic E-state index is 0.141. The van der Waals surface area contributed by atoms with E-state index in [1.165, 1.54) is 0 Å². The monoisotopic (exact) mass is 289 g/mol. The molecule has 1 aromatic carbocycles. The molecule has 0 aliphatic heterocycles. The molecule has 2 N–H and O–H groups in total. The smallest absolute Gasteiger partial charge is 0.307 e. The molecule has 0 fully saturated rings. The van der Waals surface area contributed by atoms with Crippen LogP contribution in [0.25, 0.3) is 0 Å². The fourth-order valence-corrected chi connectivity index (χ4v) is 1.65. The van der Waals surface area contributed by atoms with Gasteiger partial charge in [-0.3, -0.25) is 9.59 Å². The van der Waals surface area contributed by atoms with Crippen LogP contribution in [0.4, 0.5) is 0 Å². The first-order valence-electron chi connectivity index (χ1n) is 6.72. The van der Waals surface area contributed by atoms with Crippen LogP contribution in [0.15, 0.2) is 18.2 Å². The van der Waals surface area contributed by atoms with E-state index < -0.39 is 0 Å². The van der Waals surface area contributed by atoms with Crippen molar-refractivity contribution < 1.29 is 19.4 Å². The molecule has 5 nitrogen and oxygen atoms in total. The molecule has 0 spiro atoms.